The van der Waals surface area contributed by atoms with Gasteiger partial charge in [0.25, 0.3) is 5.91 Å². The largest absolute Gasteiger partial charge is 0.503 e. The van der Waals surface area contributed by atoms with Crippen LogP contribution in [0, 0.1) is 5.92 Å². The Balaban J connectivity index is 1.68. The minimum Gasteiger partial charge on any atom is -0.503 e. The summed E-state index contributed by atoms with van der Waals surface area (Å²) in [6, 6.07) is 23.9. The average molecular weight is 526 g/mol. The first-order chi connectivity index (χ1) is 18.9. The van der Waals surface area contributed by atoms with E-state index in [1.54, 1.807) is 30.2 Å². The van der Waals surface area contributed by atoms with Gasteiger partial charge in [-0.2, -0.15) is 0 Å². The van der Waals surface area contributed by atoms with Crippen LogP contribution in [-0.4, -0.2) is 42.0 Å². The summed E-state index contributed by atoms with van der Waals surface area (Å²) in [6.45, 7) is 5.14. The number of ketones is 1. The second-order valence-corrected chi connectivity index (χ2v) is 9.95. The van der Waals surface area contributed by atoms with Gasteiger partial charge in [-0.3, -0.25) is 9.59 Å². The smallest absolute Gasteiger partial charge is 0.290 e. The molecular formula is C33H35NO5. The fourth-order valence-electron chi connectivity index (χ4n) is 4.58. The highest BCUT2D eigenvalue weighted by atomic mass is 16.5. The van der Waals surface area contributed by atoms with Crippen molar-refractivity contribution in [1.29, 1.82) is 0 Å². The standard InChI is InChI=1S/C33H35NO5/c1-23(2)19-21-39-28-17-15-26(22-29(28)38-3)31-30(27(35)16-14-24-10-6-4-7-11-24)32(36)33(37)34(31)20-18-25-12-8-5-9-13-25/h4-17,22-23,31,36H,18-21H2,1-3H3/b16-14+. The third kappa shape index (κ3) is 6.77. The van der Waals surface area contributed by atoms with E-state index in [0.29, 0.717) is 42.6 Å². The predicted octanol–water partition coefficient (Wildman–Crippen LogP) is 6.34. The Morgan fingerprint density at radius 3 is 2.36 bits per heavy atom. The Morgan fingerprint density at radius 2 is 1.69 bits per heavy atom. The number of hydrogen-bond acceptors (Lipinski definition) is 5. The Labute approximate surface area is 230 Å². The monoisotopic (exact) mass is 525 g/mol. The van der Waals surface area contributed by atoms with Crippen molar-refractivity contribution >= 4 is 17.8 Å². The van der Waals surface area contributed by atoms with Gasteiger partial charge in [0.05, 0.1) is 25.3 Å². The van der Waals surface area contributed by atoms with Crippen LogP contribution in [0.1, 0.15) is 43.0 Å². The van der Waals surface area contributed by atoms with E-state index in [1.807, 2.05) is 66.7 Å². The summed E-state index contributed by atoms with van der Waals surface area (Å²) in [5, 5.41) is 11.0. The van der Waals surface area contributed by atoms with Gasteiger partial charge in [0.2, 0.25) is 0 Å². The van der Waals surface area contributed by atoms with E-state index >= 15 is 0 Å². The number of benzene rings is 3. The molecule has 1 unspecified atom stereocenters. The molecule has 3 aromatic carbocycles. The summed E-state index contributed by atoms with van der Waals surface area (Å²) < 4.78 is 11.6. The molecule has 0 saturated heterocycles. The van der Waals surface area contributed by atoms with Crippen molar-refractivity contribution in [2.24, 2.45) is 5.92 Å². The first-order valence-corrected chi connectivity index (χ1v) is 13.2. The molecule has 1 heterocycles. The third-order valence-corrected chi connectivity index (χ3v) is 6.74. The Hall–Kier alpha value is -4.32. The number of rotatable bonds is 12. The number of nitrogens with zero attached hydrogens (tertiary/aromatic N) is 1. The maximum absolute atomic E-state index is 13.5. The van der Waals surface area contributed by atoms with Gasteiger partial charge in [-0.15, -0.1) is 0 Å². The molecule has 0 fully saturated rings. The van der Waals surface area contributed by atoms with E-state index in [9.17, 15) is 14.7 Å². The number of aliphatic hydroxyl groups is 1. The molecule has 202 valence electrons. The maximum Gasteiger partial charge on any atom is 0.290 e. The lowest BCUT2D eigenvalue weighted by Gasteiger charge is -2.27. The van der Waals surface area contributed by atoms with Crippen molar-refractivity contribution in [3.8, 4) is 11.5 Å². The SMILES string of the molecule is COc1cc(C2C(C(=O)/C=C/c3ccccc3)=C(O)C(=O)N2CCc2ccccc2)ccc1OCCC(C)C. The van der Waals surface area contributed by atoms with Crippen LogP contribution in [0.25, 0.3) is 6.08 Å². The maximum atomic E-state index is 13.5. The van der Waals surface area contributed by atoms with Gasteiger partial charge in [-0.1, -0.05) is 86.7 Å². The van der Waals surface area contributed by atoms with E-state index in [2.05, 4.69) is 13.8 Å². The molecule has 1 aliphatic rings. The molecule has 1 atom stereocenters. The number of allylic oxidation sites excluding steroid dienone is 1. The number of aliphatic hydroxyl groups excluding tert-OH is 1. The molecule has 6 heteroatoms. The highest BCUT2D eigenvalue weighted by molar-refractivity contribution is 6.14. The minimum absolute atomic E-state index is 0.0516. The molecule has 39 heavy (non-hydrogen) atoms. The first kappa shape index (κ1) is 27.7. The summed E-state index contributed by atoms with van der Waals surface area (Å²) in [5.74, 6) is 0.0872. The summed E-state index contributed by atoms with van der Waals surface area (Å²) in [7, 11) is 1.56. The molecule has 0 bridgehead atoms. The minimum atomic E-state index is -0.771. The van der Waals surface area contributed by atoms with Gasteiger partial charge < -0.3 is 19.5 Å². The van der Waals surface area contributed by atoms with Gasteiger partial charge in [0.1, 0.15) is 0 Å². The molecule has 0 spiro atoms. The first-order valence-electron chi connectivity index (χ1n) is 13.2. The number of carbonyl (C=O) groups is 2. The molecule has 6 nitrogen and oxygen atoms in total. The second-order valence-electron chi connectivity index (χ2n) is 9.95. The molecule has 3 aromatic rings. The van der Waals surface area contributed by atoms with Crippen molar-refractivity contribution in [1.82, 2.24) is 4.90 Å². The molecule has 0 radical (unpaired) electrons. The van der Waals surface area contributed by atoms with E-state index in [4.69, 9.17) is 9.47 Å². The van der Waals surface area contributed by atoms with Crippen LogP contribution in [0.2, 0.25) is 0 Å². The van der Waals surface area contributed by atoms with Crippen LogP contribution < -0.4 is 9.47 Å². The number of ether oxygens (including phenoxy) is 2. The molecule has 1 amide bonds. The zero-order valence-electron chi connectivity index (χ0n) is 22.7. The second kappa shape index (κ2) is 13.0. The fourth-order valence-corrected chi connectivity index (χ4v) is 4.58. The quantitative estimate of drug-likeness (QED) is 0.279. The van der Waals surface area contributed by atoms with Gasteiger partial charge in [-0.25, -0.2) is 0 Å². The summed E-state index contributed by atoms with van der Waals surface area (Å²) >= 11 is 0. The molecule has 0 aromatic heterocycles. The lowest BCUT2D eigenvalue weighted by Crippen LogP contribution is -2.33. The molecule has 1 N–H and O–H groups in total. The van der Waals surface area contributed by atoms with Gasteiger partial charge in [0, 0.05) is 6.54 Å². The highest BCUT2D eigenvalue weighted by Crippen LogP contribution is 2.41. The molecular weight excluding hydrogens is 490 g/mol. The zero-order valence-corrected chi connectivity index (χ0v) is 22.7. The average Bonchev–Trinajstić information content (AvgIpc) is 3.21. The Bertz CT molecular complexity index is 1350. The fraction of sp³-hybridized carbons (Fsp3) is 0.273. The molecule has 0 saturated carbocycles. The Morgan fingerprint density at radius 1 is 1.00 bits per heavy atom. The van der Waals surface area contributed by atoms with E-state index < -0.39 is 23.5 Å². The van der Waals surface area contributed by atoms with Crippen molar-refractivity contribution < 1.29 is 24.2 Å². The third-order valence-electron chi connectivity index (χ3n) is 6.74. The van der Waals surface area contributed by atoms with Crippen LogP contribution in [0.5, 0.6) is 11.5 Å². The zero-order chi connectivity index (χ0) is 27.8. The number of methoxy groups -OCH3 is 1. The molecule has 4 rings (SSSR count). The van der Waals surface area contributed by atoms with Gasteiger partial charge in [0.15, 0.2) is 23.0 Å². The summed E-state index contributed by atoms with van der Waals surface area (Å²) in [4.78, 5) is 28.3. The highest BCUT2D eigenvalue weighted by Gasteiger charge is 2.43. The van der Waals surface area contributed by atoms with Gasteiger partial charge in [-0.05, 0) is 53.7 Å². The topological polar surface area (TPSA) is 76.1 Å². The lowest BCUT2D eigenvalue weighted by molar-refractivity contribution is -0.129. The van der Waals surface area contributed by atoms with E-state index in [1.165, 1.54) is 6.08 Å². The van der Waals surface area contributed by atoms with Crippen molar-refractivity contribution in [2.45, 2.75) is 32.7 Å². The number of carbonyl (C=O) groups excluding carboxylic acids is 2. The lowest BCUT2D eigenvalue weighted by atomic mass is 9.95. The van der Waals surface area contributed by atoms with E-state index in [-0.39, 0.29) is 5.57 Å². The Kier molecular flexibility index (Phi) is 9.21. The number of amides is 1. The summed E-state index contributed by atoms with van der Waals surface area (Å²) in [5.41, 5.74) is 2.61. The predicted molar refractivity (Wildman–Crippen MR) is 153 cm³/mol. The molecule has 1 aliphatic heterocycles. The van der Waals surface area contributed by atoms with Crippen molar-refractivity contribution in [3.05, 3.63) is 113 Å². The van der Waals surface area contributed by atoms with Crippen LogP contribution >= 0.6 is 0 Å². The van der Waals surface area contributed by atoms with Crippen molar-refractivity contribution in [2.75, 3.05) is 20.3 Å². The van der Waals surface area contributed by atoms with Crippen LogP contribution in [-0.2, 0) is 16.0 Å². The summed E-state index contributed by atoms with van der Waals surface area (Å²) in [6.07, 6.45) is 4.56. The van der Waals surface area contributed by atoms with Crippen molar-refractivity contribution in [3.63, 3.8) is 0 Å². The van der Waals surface area contributed by atoms with Crippen LogP contribution in [0.15, 0.2) is 96.3 Å². The normalized spacial score (nSPS) is 15.4. The van der Waals surface area contributed by atoms with Crippen LogP contribution in [0.3, 0.4) is 0 Å². The van der Waals surface area contributed by atoms with Gasteiger partial charge >= 0.3 is 0 Å². The van der Waals surface area contributed by atoms with E-state index in [0.717, 1.165) is 17.5 Å². The van der Waals surface area contributed by atoms with Crippen LogP contribution in [0.4, 0.5) is 0 Å². The number of hydrogen-bond donors (Lipinski definition) is 1. The molecule has 0 aliphatic carbocycles.